The summed E-state index contributed by atoms with van der Waals surface area (Å²) < 4.78 is 5.57. The molecule has 2 heterocycles. The zero-order valence-electron chi connectivity index (χ0n) is 13.7. The predicted molar refractivity (Wildman–Crippen MR) is 101 cm³/mol. The molecular weight excluding hydrogens is 354 g/mol. The number of nitrogens with one attached hydrogen (secondary N) is 1. The third-order valence-corrected chi connectivity index (χ3v) is 5.24. The van der Waals surface area contributed by atoms with Crippen molar-refractivity contribution in [2.24, 2.45) is 0 Å². The maximum Gasteiger partial charge on any atom is 0.248 e. The number of thioether (sulfide) groups is 1. The molecule has 0 unspecified atom stereocenters. The molecule has 7 heteroatoms. The van der Waals surface area contributed by atoms with Crippen molar-refractivity contribution in [3.63, 3.8) is 0 Å². The molecule has 1 N–H and O–H groups in total. The van der Waals surface area contributed by atoms with E-state index in [1.54, 1.807) is 23.1 Å². The van der Waals surface area contributed by atoms with Crippen LogP contribution in [0.3, 0.4) is 0 Å². The smallest absolute Gasteiger partial charge is 0.248 e. The summed E-state index contributed by atoms with van der Waals surface area (Å²) >= 11 is 3.38. The van der Waals surface area contributed by atoms with Crippen LogP contribution in [0.1, 0.15) is 18.7 Å². The molecule has 0 bridgehead atoms. The lowest BCUT2D eigenvalue weighted by Crippen LogP contribution is -2.25. The van der Waals surface area contributed by atoms with E-state index in [9.17, 15) is 4.79 Å². The van der Waals surface area contributed by atoms with Crippen molar-refractivity contribution in [1.82, 2.24) is 15.5 Å². The number of amides is 1. The van der Waals surface area contributed by atoms with E-state index in [2.05, 4.69) is 27.6 Å². The van der Waals surface area contributed by atoms with E-state index in [0.717, 1.165) is 17.7 Å². The number of carbonyl (C=O) groups excluding carboxylic acids is 1. The van der Waals surface area contributed by atoms with E-state index in [1.807, 2.05) is 35.0 Å². The van der Waals surface area contributed by atoms with Gasteiger partial charge in [-0.2, -0.15) is 11.3 Å². The van der Waals surface area contributed by atoms with Gasteiger partial charge in [0.05, 0.1) is 0 Å². The Balaban J connectivity index is 1.30. The lowest BCUT2D eigenvalue weighted by Gasteiger charge is -2.04. The SMILES string of the molecule is O=C(CCc1nnc(-c2ccsc2)o1)NCCCSc1ccccc1. The quantitative estimate of drug-likeness (QED) is 0.453. The van der Waals surface area contributed by atoms with Crippen molar-refractivity contribution >= 4 is 29.0 Å². The van der Waals surface area contributed by atoms with Crippen LogP contribution in [-0.4, -0.2) is 28.4 Å². The lowest BCUT2D eigenvalue weighted by molar-refractivity contribution is -0.121. The summed E-state index contributed by atoms with van der Waals surface area (Å²) in [5.41, 5.74) is 0.920. The molecule has 0 aliphatic heterocycles. The maximum atomic E-state index is 11.9. The van der Waals surface area contributed by atoms with Crippen LogP contribution in [0.25, 0.3) is 11.5 Å². The van der Waals surface area contributed by atoms with Gasteiger partial charge in [0, 0.05) is 35.2 Å². The Morgan fingerprint density at radius 2 is 2.08 bits per heavy atom. The molecule has 0 aliphatic carbocycles. The van der Waals surface area contributed by atoms with Crippen molar-refractivity contribution < 1.29 is 9.21 Å². The second-order valence-corrected chi connectivity index (χ2v) is 7.33. The molecule has 0 radical (unpaired) electrons. The lowest BCUT2D eigenvalue weighted by atomic mass is 10.3. The Labute approximate surface area is 154 Å². The first-order valence-electron chi connectivity index (χ1n) is 8.11. The number of carbonyl (C=O) groups is 1. The second kappa shape index (κ2) is 9.39. The molecule has 0 saturated heterocycles. The summed E-state index contributed by atoms with van der Waals surface area (Å²) in [6.45, 7) is 0.683. The monoisotopic (exact) mass is 373 g/mol. The Hall–Kier alpha value is -2.12. The Morgan fingerprint density at radius 3 is 2.88 bits per heavy atom. The van der Waals surface area contributed by atoms with Crippen molar-refractivity contribution in [3.05, 3.63) is 53.0 Å². The highest BCUT2D eigenvalue weighted by Gasteiger charge is 2.10. The number of nitrogens with zero attached hydrogens (tertiary/aromatic N) is 2. The van der Waals surface area contributed by atoms with Gasteiger partial charge >= 0.3 is 0 Å². The van der Waals surface area contributed by atoms with Crippen molar-refractivity contribution in [1.29, 1.82) is 0 Å². The largest absolute Gasteiger partial charge is 0.421 e. The van der Waals surface area contributed by atoms with E-state index in [-0.39, 0.29) is 5.91 Å². The van der Waals surface area contributed by atoms with Crippen LogP contribution < -0.4 is 5.32 Å². The number of benzene rings is 1. The van der Waals surface area contributed by atoms with E-state index in [0.29, 0.717) is 31.2 Å². The standard InChI is InChI=1S/C18H19N3O2S2/c22-16(19-10-4-11-25-15-5-2-1-3-6-15)7-8-17-20-21-18(23-17)14-9-12-24-13-14/h1-3,5-6,9,12-13H,4,7-8,10-11H2,(H,19,22). The first-order valence-corrected chi connectivity index (χ1v) is 10.0. The third kappa shape index (κ3) is 5.72. The van der Waals surface area contributed by atoms with Gasteiger partial charge < -0.3 is 9.73 Å². The summed E-state index contributed by atoms with van der Waals surface area (Å²) in [4.78, 5) is 13.1. The van der Waals surface area contributed by atoms with Crippen molar-refractivity contribution in [2.45, 2.75) is 24.2 Å². The number of hydrogen-bond acceptors (Lipinski definition) is 6. The summed E-state index contributed by atoms with van der Waals surface area (Å²) in [5, 5.41) is 14.8. The fraction of sp³-hybridized carbons (Fsp3) is 0.278. The molecule has 2 aromatic heterocycles. The molecule has 3 rings (SSSR count). The summed E-state index contributed by atoms with van der Waals surface area (Å²) in [7, 11) is 0. The molecule has 5 nitrogen and oxygen atoms in total. The van der Waals surface area contributed by atoms with Gasteiger partial charge in [0.1, 0.15) is 0 Å². The number of aryl methyl sites for hydroxylation is 1. The minimum absolute atomic E-state index is 0.0139. The van der Waals surface area contributed by atoms with Crippen LogP contribution in [0.4, 0.5) is 0 Å². The summed E-state index contributed by atoms with van der Waals surface area (Å²) in [6, 6.07) is 12.2. The highest BCUT2D eigenvalue weighted by molar-refractivity contribution is 7.99. The summed E-state index contributed by atoms with van der Waals surface area (Å²) in [5.74, 6) is 2.00. The average molecular weight is 374 g/mol. The highest BCUT2D eigenvalue weighted by Crippen LogP contribution is 2.20. The topological polar surface area (TPSA) is 68.0 Å². The van der Waals surface area contributed by atoms with Crippen LogP contribution in [0.5, 0.6) is 0 Å². The Morgan fingerprint density at radius 1 is 1.20 bits per heavy atom. The fourth-order valence-corrected chi connectivity index (χ4v) is 3.68. The summed E-state index contributed by atoms with van der Waals surface area (Å²) in [6.07, 6.45) is 1.76. The van der Waals surface area contributed by atoms with E-state index in [1.165, 1.54) is 4.90 Å². The minimum atomic E-state index is 0.0139. The van der Waals surface area contributed by atoms with Gasteiger partial charge in [-0.1, -0.05) is 18.2 Å². The minimum Gasteiger partial charge on any atom is -0.421 e. The normalized spacial score (nSPS) is 10.7. The van der Waals surface area contributed by atoms with Crippen molar-refractivity contribution in [3.8, 4) is 11.5 Å². The zero-order valence-corrected chi connectivity index (χ0v) is 15.3. The van der Waals surface area contributed by atoms with Gasteiger partial charge in [-0.05, 0) is 35.8 Å². The highest BCUT2D eigenvalue weighted by atomic mass is 32.2. The molecule has 0 atom stereocenters. The van der Waals surface area contributed by atoms with Gasteiger partial charge in [-0.15, -0.1) is 22.0 Å². The number of hydrogen-bond donors (Lipinski definition) is 1. The molecule has 0 aliphatic rings. The van der Waals surface area contributed by atoms with Crippen molar-refractivity contribution in [2.75, 3.05) is 12.3 Å². The molecular formula is C18H19N3O2S2. The van der Waals surface area contributed by atoms with E-state index in [4.69, 9.17) is 4.42 Å². The fourth-order valence-electron chi connectivity index (χ4n) is 2.17. The van der Waals surface area contributed by atoms with E-state index < -0.39 is 0 Å². The molecule has 130 valence electrons. The molecule has 1 amide bonds. The molecule has 0 saturated carbocycles. The second-order valence-electron chi connectivity index (χ2n) is 5.38. The van der Waals surface area contributed by atoms with Gasteiger partial charge in [-0.25, -0.2) is 0 Å². The molecule has 0 fully saturated rings. The number of thiophene rings is 1. The first-order chi connectivity index (χ1) is 12.3. The Bertz CT molecular complexity index is 773. The van der Waals surface area contributed by atoms with Crippen LogP contribution in [-0.2, 0) is 11.2 Å². The van der Waals surface area contributed by atoms with E-state index >= 15 is 0 Å². The zero-order chi connectivity index (χ0) is 17.3. The van der Waals surface area contributed by atoms with Crippen LogP contribution >= 0.6 is 23.1 Å². The number of rotatable bonds is 9. The van der Waals surface area contributed by atoms with Crippen LogP contribution in [0.2, 0.25) is 0 Å². The van der Waals surface area contributed by atoms with Gasteiger partial charge in [0.2, 0.25) is 17.7 Å². The van der Waals surface area contributed by atoms with Gasteiger partial charge in [-0.3, -0.25) is 4.79 Å². The third-order valence-electron chi connectivity index (χ3n) is 3.46. The first kappa shape index (κ1) is 17.7. The van der Waals surface area contributed by atoms with Gasteiger partial charge in [0.15, 0.2) is 0 Å². The number of aromatic nitrogens is 2. The molecule has 25 heavy (non-hydrogen) atoms. The maximum absolute atomic E-state index is 11.9. The predicted octanol–water partition coefficient (Wildman–Crippen LogP) is 4.03. The average Bonchev–Trinajstić information content (AvgIpc) is 3.32. The Kier molecular flexibility index (Phi) is 6.64. The van der Waals surface area contributed by atoms with Crippen LogP contribution in [0, 0.1) is 0 Å². The molecule has 3 aromatic rings. The van der Waals surface area contributed by atoms with Crippen LogP contribution in [0.15, 0.2) is 56.5 Å². The molecule has 1 aromatic carbocycles. The van der Waals surface area contributed by atoms with Gasteiger partial charge in [0.25, 0.3) is 0 Å². The molecule has 0 spiro atoms.